The summed E-state index contributed by atoms with van der Waals surface area (Å²) in [6, 6.07) is 10.1. The number of nitriles is 1. The Labute approximate surface area is 75.9 Å². The van der Waals surface area contributed by atoms with E-state index in [9.17, 15) is 0 Å². The molecule has 0 aliphatic heterocycles. The lowest BCUT2D eigenvalue weighted by Crippen LogP contribution is -1.75. The third-order valence-electron chi connectivity index (χ3n) is 1.94. The number of aromatic nitrogens is 1. The zero-order valence-corrected chi connectivity index (χ0v) is 7.04. The molecule has 0 saturated carbocycles. The molecule has 3 N–H and O–H groups in total. The molecule has 13 heavy (non-hydrogen) atoms. The molecule has 0 aliphatic rings. The van der Waals surface area contributed by atoms with Crippen LogP contribution < -0.4 is 0 Å². The number of para-hydroxylation sites is 1. The summed E-state index contributed by atoms with van der Waals surface area (Å²) in [6.45, 7) is 0. The molecule has 2 aromatic rings. The fourth-order valence-electron chi connectivity index (χ4n) is 1.36. The molecule has 3 heteroatoms. The minimum Gasteiger partial charge on any atom is -0.412 e. The summed E-state index contributed by atoms with van der Waals surface area (Å²) < 4.78 is 0. The molecule has 1 aromatic carbocycles. The van der Waals surface area contributed by atoms with Crippen molar-refractivity contribution >= 4 is 10.9 Å². The van der Waals surface area contributed by atoms with Crippen molar-refractivity contribution in [3.8, 4) is 6.07 Å². The van der Waals surface area contributed by atoms with Gasteiger partial charge in [0.1, 0.15) is 0 Å². The summed E-state index contributed by atoms with van der Waals surface area (Å²) in [5.41, 5.74) is 2.18. The average Bonchev–Trinajstić information content (AvgIpc) is 2.50. The van der Waals surface area contributed by atoms with E-state index in [0.29, 0.717) is 6.42 Å². The fourth-order valence-corrected chi connectivity index (χ4v) is 1.36. The molecule has 0 saturated heterocycles. The van der Waals surface area contributed by atoms with Crippen molar-refractivity contribution in [2.75, 3.05) is 0 Å². The molecule has 0 amide bonds. The number of benzene rings is 1. The summed E-state index contributed by atoms with van der Waals surface area (Å²) >= 11 is 0. The van der Waals surface area contributed by atoms with E-state index in [1.165, 1.54) is 0 Å². The van der Waals surface area contributed by atoms with Gasteiger partial charge in [0.2, 0.25) is 0 Å². The predicted molar refractivity (Wildman–Crippen MR) is 51.2 cm³/mol. The summed E-state index contributed by atoms with van der Waals surface area (Å²) in [4.78, 5) is 3.12. The van der Waals surface area contributed by atoms with Crippen LogP contribution in [0.25, 0.3) is 10.9 Å². The van der Waals surface area contributed by atoms with Crippen molar-refractivity contribution in [2.24, 2.45) is 0 Å². The Morgan fingerprint density at radius 3 is 2.85 bits per heavy atom. The first-order valence-corrected chi connectivity index (χ1v) is 3.84. The number of aromatic amines is 1. The van der Waals surface area contributed by atoms with Gasteiger partial charge in [-0.2, -0.15) is 5.26 Å². The van der Waals surface area contributed by atoms with E-state index in [2.05, 4.69) is 11.1 Å². The Hall–Kier alpha value is -1.79. The third-order valence-corrected chi connectivity index (χ3v) is 1.94. The molecule has 0 radical (unpaired) electrons. The van der Waals surface area contributed by atoms with E-state index >= 15 is 0 Å². The van der Waals surface area contributed by atoms with Gasteiger partial charge in [0, 0.05) is 17.1 Å². The second-order valence-electron chi connectivity index (χ2n) is 2.69. The predicted octanol–water partition coefficient (Wildman–Crippen LogP) is 1.41. The molecule has 0 spiro atoms. The summed E-state index contributed by atoms with van der Waals surface area (Å²) in [6.07, 6.45) is 2.37. The van der Waals surface area contributed by atoms with E-state index in [0.717, 1.165) is 16.5 Å². The van der Waals surface area contributed by atoms with Crippen LogP contribution in [0.2, 0.25) is 0 Å². The first kappa shape index (κ1) is 9.30. The Morgan fingerprint density at radius 2 is 2.08 bits per heavy atom. The highest BCUT2D eigenvalue weighted by Crippen LogP contribution is 2.17. The van der Waals surface area contributed by atoms with E-state index in [-0.39, 0.29) is 5.48 Å². The van der Waals surface area contributed by atoms with Gasteiger partial charge in [0.15, 0.2) is 0 Å². The molecule has 1 aromatic heterocycles. The topological polar surface area (TPSA) is 71.1 Å². The molecule has 0 fully saturated rings. The molecule has 3 nitrogen and oxygen atoms in total. The first-order chi connectivity index (χ1) is 5.92. The zero-order valence-electron chi connectivity index (χ0n) is 7.04. The normalized spacial score (nSPS) is 9.15. The zero-order chi connectivity index (χ0) is 8.39. The Morgan fingerprint density at radius 1 is 1.31 bits per heavy atom. The first-order valence-electron chi connectivity index (χ1n) is 3.84. The number of hydrogen-bond donors (Lipinski definition) is 1. The molecule has 0 unspecified atom stereocenters. The number of H-pyrrole nitrogens is 1. The largest absolute Gasteiger partial charge is 0.412 e. The van der Waals surface area contributed by atoms with Gasteiger partial charge >= 0.3 is 0 Å². The van der Waals surface area contributed by atoms with Crippen LogP contribution >= 0.6 is 0 Å². The van der Waals surface area contributed by atoms with Gasteiger partial charge in [-0.1, -0.05) is 18.2 Å². The van der Waals surface area contributed by atoms with Crippen molar-refractivity contribution in [1.29, 1.82) is 5.26 Å². The highest BCUT2D eigenvalue weighted by molar-refractivity contribution is 5.83. The molecule has 0 atom stereocenters. The summed E-state index contributed by atoms with van der Waals surface area (Å²) in [5, 5.41) is 9.69. The van der Waals surface area contributed by atoms with Crippen molar-refractivity contribution in [2.45, 2.75) is 6.42 Å². The second-order valence-corrected chi connectivity index (χ2v) is 2.69. The Bertz CT molecular complexity index is 439. The van der Waals surface area contributed by atoms with Gasteiger partial charge in [0.05, 0.1) is 12.5 Å². The standard InChI is InChI=1S/C10H8N2.H2O/c11-6-5-8-7-12-10-4-2-1-3-9(8)10;/h1-4,7,12H,5H2;1H2. The fraction of sp³-hybridized carbons (Fsp3) is 0.100. The van der Waals surface area contributed by atoms with Crippen molar-refractivity contribution in [3.63, 3.8) is 0 Å². The Kier molecular flexibility index (Phi) is 2.68. The maximum atomic E-state index is 8.53. The maximum Gasteiger partial charge on any atom is 0.0670 e. The monoisotopic (exact) mass is 174 g/mol. The number of nitrogens with one attached hydrogen (secondary N) is 1. The average molecular weight is 174 g/mol. The van der Waals surface area contributed by atoms with Crippen LogP contribution in [-0.4, -0.2) is 10.5 Å². The molecule has 0 bridgehead atoms. The Balaban J connectivity index is 0.000000845. The molecule has 2 rings (SSSR count). The van der Waals surface area contributed by atoms with E-state index < -0.39 is 0 Å². The lowest BCUT2D eigenvalue weighted by molar-refractivity contribution is 0.824. The van der Waals surface area contributed by atoms with Gasteiger partial charge in [-0.05, 0) is 11.6 Å². The van der Waals surface area contributed by atoms with Crippen LogP contribution in [0.1, 0.15) is 5.56 Å². The molecule has 66 valence electrons. The highest BCUT2D eigenvalue weighted by atomic mass is 16.0. The lowest BCUT2D eigenvalue weighted by Gasteiger charge is -1.89. The van der Waals surface area contributed by atoms with Crippen molar-refractivity contribution in [3.05, 3.63) is 36.0 Å². The van der Waals surface area contributed by atoms with E-state index in [4.69, 9.17) is 5.26 Å². The van der Waals surface area contributed by atoms with Gasteiger partial charge < -0.3 is 10.5 Å². The van der Waals surface area contributed by atoms with Gasteiger partial charge in [-0.25, -0.2) is 0 Å². The summed E-state index contributed by atoms with van der Waals surface area (Å²) in [5.74, 6) is 0. The number of hydrogen-bond acceptors (Lipinski definition) is 1. The van der Waals surface area contributed by atoms with Gasteiger partial charge in [0.25, 0.3) is 0 Å². The number of nitrogens with zero attached hydrogens (tertiary/aromatic N) is 1. The van der Waals surface area contributed by atoms with Crippen LogP contribution in [0.3, 0.4) is 0 Å². The SMILES string of the molecule is N#CCc1c[nH]c2ccccc12.O. The van der Waals surface area contributed by atoms with Gasteiger partial charge in [-0.3, -0.25) is 0 Å². The number of fused-ring (bicyclic) bond motifs is 1. The van der Waals surface area contributed by atoms with Gasteiger partial charge in [-0.15, -0.1) is 0 Å². The summed E-state index contributed by atoms with van der Waals surface area (Å²) in [7, 11) is 0. The molecule has 1 heterocycles. The van der Waals surface area contributed by atoms with Crippen LogP contribution in [0.5, 0.6) is 0 Å². The quantitative estimate of drug-likeness (QED) is 0.697. The van der Waals surface area contributed by atoms with Crippen molar-refractivity contribution < 1.29 is 5.48 Å². The second kappa shape index (κ2) is 3.74. The molecular weight excluding hydrogens is 164 g/mol. The maximum absolute atomic E-state index is 8.53. The highest BCUT2D eigenvalue weighted by Gasteiger charge is 2.00. The third kappa shape index (κ3) is 1.53. The lowest BCUT2D eigenvalue weighted by atomic mass is 10.1. The molecular formula is C10H10N2O. The van der Waals surface area contributed by atoms with Crippen LogP contribution in [0.15, 0.2) is 30.5 Å². The minimum atomic E-state index is 0. The minimum absolute atomic E-state index is 0. The van der Waals surface area contributed by atoms with Crippen LogP contribution in [-0.2, 0) is 6.42 Å². The number of rotatable bonds is 1. The van der Waals surface area contributed by atoms with Crippen LogP contribution in [0.4, 0.5) is 0 Å². The van der Waals surface area contributed by atoms with E-state index in [1.54, 1.807) is 0 Å². The smallest absolute Gasteiger partial charge is 0.0670 e. The van der Waals surface area contributed by atoms with Crippen LogP contribution in [0, 0.1) is 11.3 Å². The molecule has 0 aliphatic carbocycles. The van der Waals surface area contributed by atoms with E-state index in [1.807, 2.05) is 30.5 Å². The van der Waals surface area contributed by atoms with Crippen molar-refractivity contribution in [1.82, 2.24) is 4.98 Å².